The van der Waals surface area contributed by atoms with Gasteiger partial charge >= 0.3 is 0 Å². The van der Waals surface area contributed by atoms with Crippen molar-refractivity contribution in [2.75, 3.05) is 13.1 Å². The van der Waals surface area contributed by atoms with Crippen LogP contribution in [0.25, 0.3) is 0 Å². The average molecular weight is 394 g/mol. The molecule has 1 aromatic rings. The van der Waals surface area contributed by atoms with Gasteiger partial charge in [-0.25, -0.2) is 4.39 Å². The van der Waals surface area contributed by atoms with Gasteiger partial charge in [-0.1, -0.05) is 13.0 Å². The molecule has 1 aliphatic rings. The van der Waals surface area contributed by atoms with Crippen molar-refractivity contribution in [1.82, 2.24) is 10.6 Å². The molecular formula is C16H23BrClFN2O. The monoisotopic (exact) mass is 392 g/mol. The van der Waals surface area contributed by atoms with Gasteiger partial charge in [0.15, 0.2) is 0 Å². The van der Waals surface area contributed by atoms with Crippen LogP contribution in [0, 0.1) is 17.7 Å². The molecule has 0 saturated carbocycles. The Balaban J connectivity index is 0.00000242. The molecule has 124 valence electrons. The first kappa shape index (κ1) is 19.4. The Morgan fingerprint density at radius 1 is 1.55 bits per heavy atom. The zero-order chi connectivity index (χ0) is 15.2. The molecule has 2 atom stereocenters. The van der Waals surface area contributed by atoms with E-state index in [1.54, 1.807) is 6.07 Å². The summed E-state index contributed by atoms with van der Waals surface area (Å²) in [4.78, 5) is 12.0. The van der Waals surface area contributed by atoms with Gasteiger partial charge in [-0.3, -0.25) is 4.79 Å². The molecule has 22 heavy (non-hydrogen) atoms. The fourth-order valence-electron chi connectivity index (χ4n) is 2.75. The smallest absolute Gasteiger partial charge is 0.220 e. The molecule has 0 aliphatic carbocycles. The molecule has 0 radical (unpaired) electrons. The van der Waals surface area contributed by atoms with Crippen molar-refractivity contribution in [3.05, 3.63) is 34.1 Å². The molecule has 1 heterocycles. The second kappa shape index (κ2) is 9.48. The molecule has 0 spiro atoms. The van der Waals surface area contributed by atoms with Crippen molar-refractivity contribution < 1.29 is 9.18 Å². The second-order valence-corrected chi connectivity index (χ2v) is 6.67. The molecule has 6 heteroatoms. The topological polar surface area (TPSA) is 41.1 Å². The van der Waals surface area contributed by atoms with Crippen LogP contribution in [0.5, 0.6) is 0 Å². The van der Waals surface area contributed by atoms with Crippen LogP contribution >= 0.6 is 28.3 Å². The van der Waals surface area contributed by atoms with E-state index in [0.717, 1.165) is 18.7 Å². The van der Waals surface area contributed by atoms with Gasteiger partial charge in [0.1, 0.15) is 5.82 Å². The van der Waals surface area contributed by atoms with Gasteiger partial charge in [0.05, 0.1) is 4.47 Å². The lowest BCUT2D eigenvalue weighted by Crippen LogP contribution is -2.35. The molecule has 1 amide bonds. The van der Waals surface area contributed by atoms with E-state index in [1.165, 1.54) is 18.9 Å². The summed E-state index contributed by atoms with van der Waals surface area (Å²) in [6, 6.07) is 4.91. The van der Waals surface area contributed by atoms with E-state index < -0.39 is 0 Å². The van der Waals surface area contributed by atoms with Crippen LogP contribution in [0.1, 0.15) is 31.7 Å². The lowest BCUT2D eigenvalue weighted by molar-refractivity contribution is -0.122. The summed E-state index contributed by atoms with van der Waals surface area (Å²) in [5.41, 5.74) is 0.774. The van der Waals surface area contributed by atoms with E-state index >= 15 is 0 Å². The zero-order valence-electron chi connectivity index (χ0n) is 12.7. The second-order valence-electron chi connectivity index (χ2n) is 5.81. The summed E-state index contributed by atoms with van der Waals surface area (Å²) >= 11 is 3.12. The number of piperidine rings is 1. The van der Waals surface area contributed by atoms with Crippen LogP contribution < -0.4 is 10.6 Å². The molecule has 0 aromatic heterocycles. The van der Waals surface area contributed by atoms with E-state index in [9.17, 15) is 9.18 Å². The Morgan fingerprint density at radius 3 is 2.95 bits per heavy atom. The number of amides is 1. The first-order valence-corrected chi connectivity index (χ1v) is 8.27. The lowest BCUT2D eigenvalue weighted by Gasteiger charge is -2.28. The highest BCUT2D eigenvalue weighted by molar-refractivity contribution is 9.10. The Kier molecular flexibility index (Phi) is 8.36. The first-order valence-electron chi connectivity index (χ1n) is 7.47. The van der Waals surface area contributed by atoms with Crippen LogP contribution in [0.15, 0.2) is 22.7 Å². The standard InChI is InChI=1S/C16H22BrFN2O.ClH/c1-11(13-3-2-6-19-10-13)7-16(21)20-9-12-4-5-14(17)15(18)8-12;/h4-5,8,11,13,19H,2-3,6-7,9-10H2,1H3,(H,20,21);1H. The van der Waals surface area contributed by atoms with Crippen LogP contribution in [-0.2, 0) is 11.3 Å². The number of nitrogens with one attached hydrogen (secondary N) is 2. The molecule has 2 N–H and O–H groups in total. The molecule has 2 unspecified atom stereocenters. The highest BCUT2D eigenvalue weighted by atomic mass is 79.9. The summed E-state index contributed by atoms with van der Waals surface area (Å²) in [6.45, 7) is 4.60. The number of halogens is 3. The number of hydrogen-bond donors (Lipinski definition) is 2. The molecule has 0 bridgehead atoms. The Morgan fingerprint density at radius 2 is 2.32 bits per heavy atom. The summed E-state index contributed by atoms with van der Waals surface area (Å²) < 4.78 is 13.8. The molecule has 1 aromatic carbocycles. The Labute approximate surface area is 146 Å². The third-order valence-electron chi connectivity index (χ3n) is 4.12. The summed E-state index contributed by atoms with van der Waals surface area (Å²) in [5.74, 6) is 0.689. The number of carbonyl (C=O) groups is 1. The Hall–Kier alpha value is -0.650. The van der Waals surface area contributed by atoms with Crippen molar-refractivity contribution >= 4 is 34.2 Å². The number of carbonyl (C=O) groups excluding carboxylic acids is 1. The summed E-state index contributed by atoms with van der Waals surface area (Å²) in [6.07, 6.45) is 2.92. The predicted octanol–water partition coefficient (Wildman–Crippen LogP) is 3.65. The van der Waals surface area contributed by atoms with Crippen molar-refractivity contribution in [2.45, 2.75) is 32.7 Å². The van der Waals surface area contributed by atoms with E-state index in [1.807, 2.05) is 6.07 Å². The summed E-state index contributed by atoms with van der Waals surface area (Å²) in [5, 5.41) is 6.25. The molecule has 1 aliphatic heterocycles. The molecule has 1 fully saturated rings. The number of benzene rings is 1. The summed E-state index contributed by atoms with van der Waals surface area (Å²) in [7, 11) is 0. The number of hydrogen-bond acceptors (Lipinski definition) is 2. The molecule has 3 nitrogen and oxygen atoms in total. The zero-order valence-corrected chi connectivity index (χ0v) is 15.1. The number of rotatable bonds is 5. The van der Waals surface area contributed by atoms with E-state index in [4.69, 9.17) is 0 Å². The third kappa shape index (κ3) is 5.86. The van der Waals surface area contributed by atoms with Crippen molar-refractivity contribution in [3.63, 3.8) is 0 Å². The Bertz CT molecular complexity index is 495. The normalized spacial score (nSPS) is 19.1. The molecular weight excluding hydrogens is 371 g/mol. The van der Waals surface area contributed by atoms with Gasteiger partial charge in [0.2, 0.25) is 5.91 Å². The van der Waals surface area contributed by atoms with Crippen molar-refractivity contribution in [1.29, 1.82) is 0 Å². The van der Waals surface area contributed by atoms with E-state index in [-0.39, 0.29) is 24.1 Å². The third-order valence-corrected chi connectivity index (χ3v) is 4.76. The van der Waals surface area contributed by atoms with Gasteiger partial charge < -0.3 is 10.6 Å². The van der Waals surface area contributed by atoms with Gasteiger partial charge in [0, 0.05) is 13.0 Å². The molecule has 2 rings (SSSR count). The maximum Gasteiger partial charge on any atom is 0.220 e. The average Bonchev–Trinajstić information content (AvgIpc) is 2.49. The van der Waals surface area contributed by atoms with E-state index in [2.05, 4.69) is 33.5 Å². The highest BCUT2D eigenvalue weighted by Crippen LogP contribution is 2.22. The van der Waals surface area contributed by atoms with Crippen molar-refractivity contribution in [2.24, 2.45) is 11.8 Å². The maximum absolute atomic E-state index is 13.4. The SMILES string of the molecule is CC(CC(=O)NCc1ccc(Br)c(F)c1)C1CCCNC1.Cl. The minimum absolute atomic E-state index is 0. The van der Waals surface area contributed by atoms with Crippen LogP contribution in [0.4, 0.5) is 4.39 Å². The minimum atomic E-state index is -0.302. The van der Waals surface area contributed by atoms with Crippen LogP contribution in [0.3, 0.4) is 0 Å². The molecule has 1 saturated heterocycles. The van der Waals surface area contributed by atoms with Gasteiger partial charge in [-0.05, 0) is 71.4 Å². The largest absolute Gasteiger partial charge is 0.352 e. The highest BCUT2D eigenvalue weighted by Gasteiger charge is 2.21. The maximum atomic E-state index is 13.4. The van der Waals surface area contributed by atoms with E-state index in [0.29, 0.717) is 29.3 Å². The minimum Gasteiger partial charge on any atom is -0.352 e. The van der Waals surface area contributed by atoms with Crippen molar-refractivity contribution in [3.8, 4) is 0 Å². The van der Waals surface area contributed by atoms with Gasteiger partial charge in [0.25, 0.3) is 0 Å². The van der Waals surface area contributed by atoms with Gasteiger partial charge in [-0.15, -0.1) is 12.4 Å². The quantitative estimate of drug-likeness (QED) is 0.802. The van der Waals surface area contributed by atoms with Gasteiger partial charge in [-0.2, -0.15) is 0 Å². The first-order chi connectivity index (χ1) is 10.1. The fraction of sp³-hybridized carbons (Fsp3) is 0.562. The van der Waals surface area contributed by atoms with Crippen LogP contribution in [-0.4, -0.2) is 19.0 Å². The predicted molar refractivity (Wildman–Crippen MR) is 92.6 cm³/mol. The fourth-order valence-corrected chi connectivity index (χ4v) is 2.99. The van der Waals surface area contributed by atoms with Crippen LogP contribution in [0.2, 0.25) is 0 Å². The lowest BCUT2D eigenvalue weighted by atomic mass is 9.85.